The van der Waals surface area contributed by atoms with Gasteiger partial charge in [0.15, 0.2) is 0 Å². The van der Waals surface area contributed by atoms with E-state index in [1.807, 2.05) is 34.5 Å². The van der Waals surface area contributed by atoms with Gasteiger partial charge < -0.3 is 4.90 Å². The first-order valence-electron chi connectivity index (χ1n) is 9.20. The standard InChI is InChI=1S/C19H21N5O3S/c25-17-18(26)24(19(27)23(17)8-5-16-2-1-13-28-16)14-21-9-11-22(12-10-21)15-3-6-20-7-4-15/h1-4,6-7,13H,5,8-12,14H2. The fourth-order valence-electron chi connectivity index (χ4n) is 3.45. The summed E-state index contributed by atoms with van der Waals surface area (Å²) in [5.74, 6) is -1.45. The number of imide groups is 2. The molecule has 8 nitrogen and oxygen atoms in total. The number of piperazine rings is 1. The van der Waals surface area contributed by atoms with Gasteiger partial charge in [0.25, 0.3) is 0 Å². The lowest BCUT2D eigenvalue weighted by molar-refractivity contribution is -0.143. The first-order chi connectivity index (χ1) is 13.6. The largest absolute Gasteiger partial charge is 0.369 e. The van der Waals surface area contributed by atoms with Crippen LogP contribution in [0, 0.1) is 0 Å². The minimum Gasteiger partial charge on any atom is -0.369 e. The van der Waals surface area contributed by atoms with Crippen LogP contribution in [-0.4, -0.2) is 76.9 Å². The quantitative estimate of drug-likeness (QED) is 0.538. The van der Waals surface area contributed by atoms with Gasteiger partial charge in [0.05, 0.1) is 6.67 Å². The minimum absolute atomic E-state index is 0.156. The number of hydrogen-bond acceptors (Lipinski definition) is 7. The maximum atomic E-state index is 12.6. The SMILES string of the molecule is O=C1C(=O)N(CN2CCN(c3ccncc3)CC2)C(=O)N1CCc1cccs1. The Bertz CT molecular complexity index is 850. The van der Waals surface area contributed by atoms with Crippen LogP contribution in [-0.2, 0) is 16.0 Å². The summed E-state index contributed by atoms with van der Waals surface area (Å²) in [5.41, 5.74) is 1.11. The molecule has 2 aliphatic heterocycles. The number of nitrogens with zero attached hydrogens (tertiary/aromatic N) is 5. The molecule has 0 aromatic carbocycles. The molecule has 2 fully saturated rings. The zero-order chi connectivity index (χ0) is 19.5. The normalized spacial score (nSPS) is 18.4. The maximum Gasteiger partial charge on any atom is 0.335 e. The van der Waals surface area contributed by atoms with E-state index < -0.39 is 17.8 Å². The summed E-state index contributed by atoms with van der Waals surface area (Å²) >= 11 is 1.57. The van der Waals surface area contributed by atoms with Crippen molar-refractivity contribution in [1.29, 1.82) is 0 Å². The van der Waals surface area contributed by atoms with E-state index in [0.717, 1.165) is 33.5 Å². The summed E-state index contributed by atoms with van der Waals surface area (Å²) in [6.07, 6.45) is 4.10. The second-order valence-corrected chi connectivity index (χ2v) is 7.79. The highest BCUT2D eigenvalue weighted by Crippen LogP contribution is 2.18. The molecule has 4 rings (SSSR count). The first kappa shape index (κ1) is 18.6. The van der Waals surface area contributed by atoms with Gasteiger partial charge in [-0.15, -0.1) is 11.3 Å². The summed E-state index contributed by atoms with van der Waals surface area (Å²) < 4.78 is 0. The third-order valence-corrected chi connectivity index (χ3v) is 5.97. The van der Waals surface area contributed by atoms with Crippen LogP contribution >= 0.6 is 11.3 Å². The highest BCUT2D eigenvalue weighted by molar-refractivity contribution is 7.09. The lowest BCUT2D eigenvalue weighted by Gasteiger charge is -2.37. The van der Waals surface area contributed by atoms with Gasteiger partial charge in [-0.3, -0.25) is 24.4 Å². The Balaban J connectivity index is 1.32. The van der Waals surface area contributed by atoms with Crippen molar-refractivity contribution in [3.8, 4) is 0 Å². The second kappa shape index (κ2) is 8.07. The molecule has 28 heavy (non-hydrogen) atoms. The van der Waals surface area contributed by atoms with E-state index in [-0.39, 0.29) is 13.2 Å². The number of anilines is 1. The summed E-state index contributed by atoms with van der Waals surface area (Å²) in [7, 11) is 0. The van der Waals surface area contributed by atoms with E-state index in [1.165, 1.54) is 0 Å². The fourth-order valence-corrected chi connectivity index (χ4v) is 4.15. The number of carbonyl (C=O) groups is 3. The molecule has 0 radical (unpaired) electrons. The highest BCUT2D eigenvalue weighted by Gasteiger charge is 2.44. The Morgan fingerprint density at radius 3 is 2.32 bits per heavy atom. The van der Waals surface area contributed by atoms with Crippen LogP contribution in [0.3, 0.4) is 0 Å². The van der Waals surface area contributed by atoms with Gasteiger partial charge in [0.1, 0.15) is 0 Å². The molecule has 146 valence electrons. The van der Waals surface area contributed by atoms with Crippen LogP contribution in [0.4, 0.5) is 10.5 Å². The van der Waals surface area contributed by atoms with Crippen molar-refractivity contribution in [3.63, 3.8) is 0 Å². The van der Waals surface area contributed by atoms with Crippen LogP contribution in [0.1, 0.15) is 4.88 Å². The van der Waals surface area contributed by atoms with E-state index in [9.17, 15) is 14.4 Å². The molecular formula is C19H21N5O3S. The Hall–Kier alpha value is -2.78. The Morgan fingerprint density at radius 2 is 1.64 bits per heavy atom. The lowest BCUT2D eigenvalue weighted by atomic mass is 10.3. The van der Waals surface area contributed by atoms with Crippen molar-refractivity contribution >= 4 is 34.9 Å². The molecule has 0 saturated carbocycles. The average Bonchev–Trinajstić information content (AvgIpc) is 3.32. The molecule has 0 N–H and O–H groups in total. The summed E-state index contributed by atoms with van der Waals surface area (Å²) in [5, 5.41) is 1.95. The molecule has 0 spiro atoms. The van der Waals surface area contributed by atoms with E-state index in [2.05, 4.69) is 9.88 Å². The highest BCUT2D eigenvalue weighted by atomic mass is 32.1. The van der Waals surface area contributed by atoms with Crippen molar-refractivity contribution in [3.05, 3.63) is 46.9 Å². The predicted octanol–water partition coefficient (Wildman–Crippen LogP) is 1.26. The maximum absolute atomic E-state index is 12.6. The smallest absolute Gasteiger partial charge is 0.335 e. The zero-order valence-electron chi connectivity index (χ0n) is 15.4. The predicted molar refractivity (Wildman–Crippen MR) is 105 cm³/mol. The van der Waals surface area contributed by atoms with E-state index in [0.29, 0.717) is 19.5 Å². The number of carbonyl (C=O) groups excluding carboxylic acids is 3. The van der Waals surface area contributed by atoms with Gasteiger partial charge in [-0.1, -0.05) is 6.07 Å². The summed E-state index contributed by atoms with van der Waals surface area (Å²) in [6.45, 7) is 3.39. The molecule has 4 heterocycles. The van der Waals surface area contributed by atoms with E-state index >= 15 is 0 Å². The van der Waals surface area contributed by atoms with Gasteiger partial charge in [0.2, 0.25) is 0 Å². The second-order valence-electron chi connectivity index (χ2n) is 6.75. The molecule has 9 heteroatoms. The van der Waals surface area contributed by atoms with Crippen molar-refractivity contribution < 1.29 is 14.4 Å². The number of amides is 4. The van der Waals surface area contributed by atoms with Gasteiger partial charge in [-0.2, -0.15) is 0 Å². The zero-order valence-corrected chi connectivity index (χ0v) is 16.2. The topological polar surface area (TPSA) is 77.1 Å². The van der Waals surface area contributed by atoms with Crippen LogP contribution in [0.15, 0.2) is 42.0 Å². The fraction of sp³-hybridized carbons (Fsp3) is 0.368. The number of rotatable bonds is 6. The molecule has 2 saturated heterocycles. The molecule has 2 aromatic heterocycles. The third-order valence-electron chi connectivity index (χ3n) is 5.04. The van der Waals surface area contributed by atoms with Gasteiger partial charge in [-0.25, -0.2) is 9.69 Å². The summed E-state index contributed by atoms with van der Waals surface area (Å²) in [4.78, 5) is 48.7. The van der Waals surface area contributed by atoms with Crippen LogP contribution in [0.5, 0.6) is 0 Å². The Kier molecular flexibility index (Phi) is 5.36. The van der Waals surface area contributed by atoms with Crippen LogP contribution in [0.25, 0.3) is 0 Å². The van der Waals surface area contributed by atoms with Crippen molar-refractivity contribution in [1.82, 2.24) is 19.7 Å². The number of pyridine rings is 1. The number of urea groups is 1. The van der Waals surface area contributed by atoms with Gasteiger partial charge >= 0.3 is 17.8 Å². The molecule has 2 aromatic rings. The first-order valence-corrected chi connectivity index (χ1v) is 10.1. The lowest BCUT2D eigenvalue weighted by Crippen LogP contribution is -2.51. The molecule has 0 atom stereocenters. The van der Waals surface area contributed by atoms with E-state index in [1.54, 1.807) is 23.7 Å². The molecule has 0 unspecified atom stereocenters. The van der Waals surface area contributed by atoms with Gasteiger partial charge in [0, 0.05) is 62.1 Å². The van der Waals surface area contributed by atoms with E-state index in [4.69, 9.17) is 0 Å². The Labute approximate surface area is 167 Å². The van der Waals surface area contributed by atoms with Crippen molar-refractivity contribution in [2.24, 2.45) is 0 Å². The molecular weight excluding hydrogens is 378 g/mol. The molecule has 2 aliphatic rings. The average molecular weight is 399 g/mol. The number of hydrogen-bond donors (Lipinski definition) is 0. The number of aromatic nitrogens is 1. The van der Waals surface area contributed by atoms with Crippen molar-refractivity contribution in [2.75, 3.05) is 44.3 Å². The monoisotopic (exact) mass is 399 g/mol. The number of thiophene rings is 1. The van der Waals surface area contributed by atoms with Crippen LogP contribution < -0.4 is 4.90 Å². The van der Waals surface area contributed by atoms with Crippen LogP contribution in [0.2, 0.25) is 0 Å². The van der Waals surface area contributed by atoms with Gasteiger partial charge in [-0.05, 0) is 23.6 Å². The third kappa shape index (κ3) is 3.76. The molecule has 4 amide bonds. The Morgan fingerprint density at radius 1 is 0.929 bits per heavy atom. The van der Waals surface area contributed by atoms with Crippen molar-refractivity contribution in [2.45, 2.75) is 6.42 Å². The minimum atomic E-state index is -0.729. The molecule has 0 aliphatic carbocycles. The summed E-state index contributed by atoms with van der Waals surface area (Å²) in [6, 6.07) is 7.30. The molecule has 0 bridgehead atoms.